The van der Waals surface area contributed by atoms with Crippen LogP contribution in [0.1, 0.15) is 0 Å². The van der Waals surface area contributed by atoms with Crippen molar-refractivity contribution in [2.75, 3.05) is 57.3 Å². The van der Waals surface area contributed by atoms with E-state index in [4.69, 9.17) is 4.74 Å². The standard InChI is InChI=1S/C13H21N3O/c1-15(2)11-14-12-3-5-13(6-4-12)16-7-9-17-10-8-16/h3-6,14H,7-11H2,1-2H3. The van der Waals surface area contributed by atoms with Crippen LogP contribution in [0.2, 0.25) is 0 Å². The zero-order valence-corrected chi connectivity index (χ0v) is 10.6. The molecule has 0 atom stereocenters. The van der Waals surface area contributed by atoms with E-state index in [-0.39, 0.29) is 0 Å². The second-order valence-electron chi connectivity index (χ2n) is 4.56. The molecule has 0 aliphatic carbocycles. The summed E-state index contributed by atoms with van der Waals surface area (Å²) in [5.74, 6) is 0. The molecule has 0 spiro atoms. The number of nitrogens with zero attached hydrogens (tertiary/aromatic N) is 2. The fraction of sp³-hybridized carbons (Fsp3) is 0.538. The number of benzene rings is 1. The maximum absolute atomic E-state index is 5.35. The molecule has 94 valence electrons. The van der Waals surface area contributed by atoms with Crippen LogP contribution in [0.4, 0.5) is 11.4 Å². The summed E-state index contributed by atoms with van der Waals surface area (Å²) in [6.07, 6.45) is 0. The minimum Gasteiger partial charge on any atom is -0.378 e. The van der Waals surface area contributed by atoms with Crippen LogP contribution < -0.4 is 10.2 Å². The van der Waals surface area contributed by atoms with E-state index in [2.05, 4.69) is 53.5 Å². The van der Waals surface area contributed by atoms with Crippen molar-refractivity contribution < 1.29 is 4.74 Å². The Morgan fingerprint density at radius 2 is 1.82 bits per heavy atom. The highest BCUT2D eigenvalue weighted by Crippen LogP contribution is 2.18. The van der Waals surface area contributed by atoms with Gasteiger partial charge in [-0.15, -0.1) is 0 Å². The number of morpholine rings is 1. The van der Waals surface area contributed by atoms with Crippen molar-refractivity contribution in [1.29, 1.82) is 0 Å². The molecular formula is C13H21N3O. The molecule has 0 saturated carbocycles. The molecule has 4 heteroatoms. The van der Waals surface area contributed by atoms with E-state index in [1.54, 1.807) is 0 Å². The van der Waals surface area contributed by atoms with Gasteiger partial charge in [-0.2, -0.15) is 0 Å². The van der Waals surface area contributed by atoms with Gasteiger partial charge in [0, 0.05) is 24.5 Å². The van der Waals surface area contributed by atoms with Gasteiger partial charge < -0.3 is 15.0 Å². The highest BCUT2D eigenvalue weighted by molar-refractivity contribution is 5.55. The van der Waals surface area contributed by atoms with Crippen molar-refractivity contribution in [2.24, 2.45) is 0 Å². The lowest BCUT2D eigenvalue weighted by molar-refractivity contribution is 0.122. The topological polar surface area (TPSA) is 27.7 Å². The number of ether oxygens (including phenoxy) is 1. The Balaban J connectivity index is 1.92. The number of anilines is 2. The summed E-state index contributed by atoms with van der Waals surface area (Å²) in [5.41, 5.74) is 2.44. The Morgan fingerprint density at radius 1 is 1.18 bits per heavy atom. The fourth-order valence-corrected chi connectivity index (χ4v) is 1.86. The monoisotopic (exact) mass is 235 g/mol. The molecule has 0 bridgehead atoms. The van der Waals surface area contributed by atoms with E-state index < -0.39 is 0 Å². The van der Waals surface area contributed by atoms with E-state index >= 15 is 0 Å². The van der Waals surface area contributed by atoms with E-state index in [1.165, 1.54) is 5.69 Å². The van der Waals surface area contributed by atoms with Crippen LogP contribution >= 0.6 is 0 Å². The first-order valence-corrected chi connectivity index (χ1v) is 6.07. The van der Waals surface area contributed by atoms with Gasteiger partial charge in [0.2, 0.25) is 0 Å². The van der Waals surface area contributed by atoms with Gasteiger partial charge in [0.1, 0.15) is 0 Å². The Morgan fingerprint density at radius 3 is 2.41 bits per heavy atom. The molecule has 1 aromatic carbocycles. The SMILES string of the molecule is CN(C)CNc1ccc(N2CCOCC2)cc1. The normalized spacial score (nSPS) is 16.3. The van der Waals surface area contributed by atoms with E-state index in [0.29, 0.717) is 0 Å². The van der Waals surface area contributed by atoms with Gasteiger partial charge in [-0.05, 0) is 38.4 Å². The number of hydrogen-bond acceptors (Lipinski definition) is 4. The maximum Gasteiger partial charge on any atom is 0.0673 e. The van der Waals surface area contributed by atoms with Gasteiger partial charge in [0.25, 0.3) is 0 Å². The quantitative estimate of drug-likeness (QED) is 0.800. The van der Waals surface area contributed by atoms with E-state index in [1.807, 2.05) is 0 Å². The highest BCUT2D eigenvalue weighted by atomic mass is 16.5. The molecule has 0 aromatic heterocycles. The van der Waals surface area contributed by atoms with Crippen molar-refractivity contribution in [3.63, 3.8) is 0 Å². The van der Waals surface area contributed by atoms with Crippen molar-refractivity contribution in [3.8, 4) is 0 Å². The van der Waals surface area contributed by atoms with Crippen molar-refractivity contribution in [1.82, 2.24) is 4.90 Å². The van der Waals surface area contributed by atoms with Gasteiger partial charge in [0.05, 0.1) is 19.9 Å². The molecule has 1 aliphatic heterocycles. The molecule has 4 nitrogen and oxygen atoms in total. The first-order chi connectivity index (χ1) is 8.25. The minimum absolute atomic E-state index is 0.834. The summed E-state index contributed by atoms with van der Waals surface area (Å²) >= 11 is 0. The third kappa shape index (κ3) is 3.61. The van der Waals surface area contributed by atoms with Gasteiger partial charge >= 0.3 is 0 Å². The summed E-state index contributed by atoms with van der Waals surface area (Å²) < 4.78 is 5.35. The summed E-state index contributed by atoms with van der Waals surface area (Å²) in [6, 6.07) is 8.61. The third-order valence-electron chi connectivity index (χ3n) is 2.84. The second kappa shape index (κ2) is 5.89. The molecule has 1 fully saturated rings. The Kier molecular flexibility index (Phi) is 4.23. The van der Waals surface area contributed by atoms with Gasteiger partial charge in [-0.25, -0.2) is 0 Å². The van der Waals surface area contributed by atoms with Crippen LogP contribution in [0.25, 0.3) is 0 Å². The summed E-state index contributed by atoms with van der Waals surface area (Å²) in [4.78, 5) is 4.47. The summed E-state index contributed by atoms with van der Waals surface area (Å²) in [5, 5.41) is 3.36. The second-order valence-corrected chi connectivity index (χ2v) is 4.56. The first kappa shape index (κ1) is 12.2. The smallest absolute Gasteiger partial charge is 0.0673 e. The Labute approximate surface area is 103 Å². The molecule has 0 radical (unpaired) electrons. The zero-order chi connectivity index (χ0) is 12.1. The number of rotatable bonds is 4. The van der Waals surface area contributed by atoms with E-state index in [0.717, 1.165) is 38.7 Å². The Hall–Kier alpha value is -1.26. The lowest BCUT2D eigenvalue weighted by Crippen LogP contribution is -2.36. The fourth-order valence-electron chi connectivity index (χ4n) is 1.86. The molecule has 2 rings (SSSR count). The zero-order valence-electron chi connectivity index (χ0n) is 10.6. The lowest BCUT2D eigenvalue weighted by atomic mass is 10.2. The van der Waals surface area contributed by atoms with Crippen LogP contribution in [0.3, 0.4) is 0 Å². The van der Waals surface area contributed by atoms with Crippen LogP contribution in [0.5, 0.6) is 0 Å². The highest BCUT2D eigenvalue weighted by Gasteiger charge is 2.10. The molecular weight excluding hydrogens is 214 g/mol. The molecule has 1 saturated heterocycles. The van der Waals surface area contributed by atoms with Crippen LogP contribution in [-0.4, -0.2) is 52.0 Å². The predicted molar refractivity (Wildman–Crippen MR) is 71.7 cm³/mol. The van der Waals surface area contributed by atoms with Crippen molar-refractivity contribution >= 4 is 11.4 Å². The number of nitrogens with one attached hydrogen (secondary N) is 1. The van der Waals surface area contributed by atoms with Crippen LogP contribution in [0.15, 0.2) is 24.3 Å². The molecule has 0 unspecified atom stereocenters. The van der Waals surface area contributed by atoms with Crippen LogP contribution in [0, 0.1) is 0 Å². The van der Waals surface area contributed by atoms with Gasteiger partial charge in [-0.1, -0.05) is 0 Å². The Bertz CT molecular complexity index is 331. The molecule has 1 aromatic rings. The predicted octanol–water partition coefficient (Wildman–Crippen LogP) is 1.45. The average Bonchev–Trinajstić information content (AvgIpc) is 2.38. The van der Waals surface area contributed by atoms with Gasteiger partial charge in [-0.3, -0.25) is 4.90 Å². The number of hydrogen-bond donors (Lipinski definition) is 1. The average molecular weight is 235 g/mol. The van der Waals surface area contributed by atoms with Crippen LogP contribution in [-0.2, 0) is 4.74 Å². The summed E-state index contributed by atoms with van der Waals surface area (Å²) in [6.45, 7) is 4.51. The van der Waals surface area contributed by atoms with Gasteiger partial charge in [0.15, 0.2) is 0 Å². The molecule has 1 heterocycles. The van der Waals surface area contributed by atoms with Crippen molar-refractivity contribution in [2.45, 2.75) is 0 Å². The van der Waals surface area contributed by atoms with Crippen molar-refractivity contribution in [3.05, 3.63) is 24.3 Å². The minimum atomic E-state index is 0.834. The largest absolute Gasteiger partial charge is 0.378 e. The molecule has 17 heavy (non-hydrogen) atoms. The van der Waals surface area contributed by atoms with E-state index in [9.17, 15) is 0 Å². The summed E-state index contributed by atoms with van der Waals surface area (Å²) in [7, 11) is 4.10. The molecule has 0 amide bonds. The molecule has 1 aliphatic rings. The maximum atomic E-state index is 5.35. The lowest BCUT2D eigenvalue weighted by Gasteiger charge is -2.29. The third-order valence-corrected chi connectivity index (χ3v) is 2.84. The molecule has 1 N–H and O–H groups in total. The first-order valence-electron chi connectivity index (χ1n) is 6.07.